The molecule has 3 aromatic heterocycles. The molecule has 0 saturated carbocycles. The molecule has 3 heterocycles. The Labute approximate surface area is 522 Å². The van der Waals surface area contributed by atoms with Gasteiger partial charge in [-0.3, -0.25) is 52.7 Å². The average Bonchev–Trinajstić information content (AvgIpc) is 2.12. The van der Waals surface area contributed by atoms with Gasteiger partial charge in [-0.2, -0.15) is 0 Å². The lowest BCUT2D eigenvalue weighted by Gasteiger charge is -2.27. The standard InChI is InChI=1S/C64H87N15O11/c1-7-8-20-48(56(67)82)74-63(89)51(28-35(2)3)78-64(90)54(31-41-34-70-47-23-14-11-19-44(41)47)77-58(84)37(5)71-61(87)52(29-39-32-68-45-21-12-9-17-42(39)45)76-57(83)36(4)72-62(88)53(30-40-33-69-46-22-13-10-18-43(40)46)79-60(86)50(25-26-55(66)81)75-59(85)49(73-38(6)80)24-15-16-27-65/h9-14,17-19,21-23,32-37,48-54,68-70H,7-8,15-16,20,24-31,65H2,1-6H3,(H2,66,81)(H2,67,82)(H,71,87)(H,72,88)(H,73,80)(H,74,89)(H,75,85)(H,76,83)(H,77,84)(H,78,90)(H,79,86)/t36-,37+,48-,49-,50+,51-,52+,53-,54+/m0/s1. The highest BCUT2D eigenvalue weighted by molar-refractivity contribution is 6.00. The number of hydrogen-bond donors (Lipinski definition) is 15. The molecule has 0 aliphatic carbocycles. The van der Waals surface area contributed by atoms with E-state index < -0.39 is 119 Å². The fourth-order valence-corrected chi connectivity index (χ4v) is 10.6. The van der Waals surface area contributed by atoms with Crippen LogP contribution in [0.3, 0.4) is 0 Å². The smallest absolute Gasteiger partial charge is 0.243 e. The SMILES string of the molecule is CCCC[C@H](NC(=O)[C@H](CC(C)C)NC(=O)[C@@H](Cc1c[nH]c2ccccc12)NC(=O)[C@@H](C)NC(=O)[C@@H](Cc1c[nH]c2ccccc12)NC(=O)[C@H](C)NC(=O)[C@H](Cc1c[nH]c2ccccc12)NC(=O)[C@@H](CCC(N)=O)NC(=O)[C@H](CCCCN)NC(C)=O)C(N)=O. The minimum atomic E-state index is -1.43. The maximum absolute atomic E-state index is 14.7. The molecule has 6 rings (SSSR count). The maximum Gasteiger partial charge on any atom is 0.243 e. The van der Waals surface area contributed by atoms with E-state index in [0.29, 0.717) is 48.9 Å². The van der Waals surface area contributed by atoms with Crippen molar-refractivity contribution in [2.24, 2.45) is 23.1 Å². The summed E-state index contributed by atoms with van der Waals surface area (Å²) < 4.78 is 0. The summed E-state index contributed by atoms with van der Waals surface area (Å²) in [5, 5.41) is 26.5. The Morgan fingerprint density at radius 3 is 1.18 bits per heavy atom. The van der Waals surface area contributed by atoms with Crippen LogP contribution in [0, 0.1) is 5.92 Å². The van der Waals surface area contributed by atoms with Gasteiger partial charge in [0.1, 0.15) is 54.4 Å². The number of fused-ring (bicyclic) bond motifs is 3. The Hall–Kier alpha value is -9.59. The van der Waals surface area contributed by atoms with Gasteiger partial charge in [0.15, 0.2) is 0 Å². The van der Waals surface area contributed by atoms with Crippen molar-refractivity contribution in [2.45, 2.75) is 173 Å². The van der Waals surface area contributed by atoms with E-state index in [0.717, 1.165) is 39.1 Å². The van der Waals surface area contributed by atoms with E-state index in [-0.39, 0.29) is 50.9 Å². The van der Waals surface area contributed by atoms with Gasteiger partial charge in [-0.25, -0.2) is 0 Å². The molecule has 9 atom stereocenters. The zero-order valence-corrected chi connectivity index (χ0v) is 51.8. The Balaban J connectivity index is 1.24. The number of amides is 11. The molecule has 6 aromatic rings. The second-order valence-electron chi connectivity index (χ2n) is 23.2. The van der Waals surface area contributed by atoms with Crippen LogP contribution in [0.4, 0.5) is 0 Å². The molecule has 0 radical (unpaired) electrons. The molecule has 0 aliphatic heterocycles. The number of aromatic nitrogens is 3. The van der Waals surface area contributed by atoms with E-state index in [1.54, 1.807) is 30.7 Å². The number of para-hydroxylation sites is 3. The van der Waals surface area contributed by atoms with E-state index in [1.165, 1.54) is 20.8 Å². The van der Waals surface area contributed by atoms with Crippen molar-refractivity contribution in [1.29, 1.82) is 0 Å². The van der Waals surface area contributed by atoms with Crippen molar-refractivity contribution in [1.82, 2.24) is 62.8 Å². The van der Waals surface area contributed by atoms with Crippen LogP contribution < -0.4 is 65.1 Å². The fourth-order valence-electron chi connectivity index (χ4n) is 10.6. The minimum Gasteiger partial charge on any atom is -0.370 e. The third-order valence-corrected chi connectivity index (χ3v) is 15.5. The summed E-state index contributed by atoms with van der Waals surface area (Å²) in [6.45, 7) is 10.00. The maximum atomic E-state index is 14.7. The second kappa shape index (κ2) is 33.7. The van der Waals surface area contributed by atoms with Crippen molar-refractivity contribution < 1.29 is 52.7 Å². The lowest BCUT2D eigenvalue weighted by molar-refractivity contribution is -0.135. The summed E-state index contributed by atoms with van der Waals surface area (Å²) >= 11 is 0. The number of primary amides is 2. The molecule has 484 valence electrons. The van der Waals surface area contributed by atoms with Crippen molar-refractivity contribution in [2.75, 3.05) is 6.54 Å². The van der Waals surface area contributed by atoms with Crippen molar-refractivity contribution >= 4 is 97.7 Å². The number of H-pyrrole nitrogens is 3. The zero-order chi connectivity index (χ0) is 65.6. The van der Waals surface area contributed by atoms with Crippen molar-refractivity contribution in [3.05, 3.63) is 108 Å². The van der Waals surface area contributed by atoms with Crippen LogP contribution in [0.2, 0.25) is 0 Å². The van der Waals surface area contributed by atoms with Gasteiger partial charge in [-0.1, -0.05) is 88.2 Å². The largest absolute Gasteiger partial charge is 0.370 e. The number of aromatic amines is 3. The van der Waals surface area contributed by atoms with E-state index in [9.17, 15) is 52.7 Å². The molecule has 3 aromatic carbocycles. The number of hydrogen-bond acceptors (Lipinski definition) is 12. The summed E-state index contributed by atoms with van der Waals surface area (Å²) in [4.78, 5) is 161. The van der Waals surface area contributed by atoms with Crippen molar-refractivity contribution in [3.63, 3.8) is 0 Å². The van der Waals surface area contributed by atoms with E-state index in [1.807, 2.05) is 81.4 Å². The van der Waals surface area contributed by atoms with E-state index in [2.05, 4.69) is 62.8 Å². The number of nitrogens with two attached hydrogens (primary N) is 3. The molecule has 0 bridgehead atoms. The van der Waals surface area contributed by atoms with Gasteiger partial charge in [0.2, 0.25) is 65.0 Å². The van der Waals surface area contributed by atoms with Crippen LogP contribution in [0.5, 0.6) is 0 Å². The normalized spacial score (nSPS) is 14.4. The van der Waals surface area contributed by atoms with Gasteiger partial charge < -0.3 is 80.0 Å². The second-order valence-corrected chi connectivity index (χ2v) is 23.2. The minimum absolute atomic E-state index is 0.0589. The predicted octanol–water partition coefficient (Wildman–Crippen LogP) is 1.70. The van der Waals surface area contributed by atoms with Crippen LogP contribution in [0.1, 0.15) is 116 Å². The molecule has 18 N–H and O–H groups in total. The molecule has 26 heteroatoms. The number of carbonyl (C=O) groups is 11. The molecular formula is C64H87N15O11. The molecule has 0 fully saturated rings. The molecule has 26 nitrogen and oxygen atoms in total. The first-order valence-electron chi connectivity index (χ1n) is 30.6. The predicted molar refractivity (Wildman–Crippen MR) is 340 cm³/mol. The van der Waals surface area contributed by atoms with Gasteiger partial charge in [-0.05, 0) is 99.7 Å². The Morgan fingerprint density at radius 2 is 0.778 bits per heavy atom. The molecule has 90 heavy (non-hydrogen) atoms. The highest BCUT2D eigenvalue weighted by Gasteiger charge is 2.35. The first kappa shape index (κ1) is 69.5. The van der Waals surface area contributed by atoms with E-state index >= 15 is 0 Å². The summed E-state index contributed by atoms with van der Waals surface area (Å²) in [7, 11) is 0. The first-order chi connectivity index (χ1) is 43.0. The summed E-state index contributed by atoms with van der Waals surface area (Å²) in [5.74, 6) is -8.35. The molecule has 0 aliphatic rings. The highest BCUT2D eigenvalue weighted by Crippen LogP contribution is 2.23. The molecule has 11 amide bonds. The Kier molecular flexibility index (Phi) is 26.0. The zero-order valence-electron chi connectivity index (χ0n) is 51.8. The summed E-state index contributed by atoms with van der Waals surface area (Å²) in [5.41, 5.74) is 20.9. The highest BCUT2D eigenvalue weighted by atomic mass is 16.2. The quantitative estimate of drug-likeness (QED) is 0.0250. The van der Waals surface area contributed by atoms with Crippen LogP contribution >= 0.6 is 0 Å². The number of nitrogens with one attached hydrogen (secondary N) is 12. The van der Waals surface area contributed by atoms with Gasteiger partial charge in [0, 0.05) is 83.9 Å². The Bertz CT molecular complexity index is 3500. The molecular weight excluding hydrogens is 1150 g/mol. The lowest BCUT2D eigenvalue weighted by atomic mass is 10.00. The van der Waals surface area contributed by atoms with Crippen LogP contribution in [-0.4, -0.2) is 141 Å². The lowest BCUT2D eigenvalue weighted by Crippen LogP contribution is -2.60. The Morgan fingerprint density at radius 1 is 0.422 bits per heavy atom. The van der Waals surface area contributed by atoms with Crippen LogP contribution in [0.15, 0.2) is 91.4 Å². The topological polar surface area (TPSA) is 421 Å². The molecule has 0 spiro atoms. The van der Waals surface area contributed by atoms with Gasteiger partial charge >= 0.3 is 0 Å². The first-order valence-corrected chi connectivity index (χ1v) is 30.6. The number of rotatable bonds is 36. The van der Waals surface area contributed by atoms with Gasteiger partial charge in [0.25, 0.3) is 0 Å². The van der Waals surface area contributed by atoms with Gasteiger partial charge in [-0.15, -0.1) is 0 Å². The summed E-state index contributed by atoms with van der Waals surface area (Å²) in [6, 6.07) is 10.4. The third kappa shape index (κ3) is 20.2. The fraction of sp³-hybridized carbons (Fsp3) is 0.453. The number of carbonyl (C=O) groups excluding carboxylic acids is 11. The number of unbranched alkanes of at least 4 members (excludes halogenated alkanes) is 2. The van der Waals surface area contributed by atoms with Crippen LogP contribution in [-0.2, 0) is 72.0 Å². The molecule has 0 saturated heterocycles. The monoisotopic (exact) mass is 1240 g/mol. The third-order valence-electron chi connectivity index (χ3n) is 15.5. The van der Waals surface area contributed by atoms with Gasteiger partial charge in [0.05, 0.1) is 0 Å². The summed E-state index contributed by atoms with van der Waals surface area (Å²) in [6.07, 6.45) is 7.16. The van der Waals surface area contributed by atoms with E-state index in [4.69, 9.17) is 17.2 Å². The molecule has 0 unspecified atom stereocenters. The average molecular weight is 1240 g/mol. The van der Waals surface area contributed by atoms with Crippen LogP contribution in [0.25, 0.3) is 32.7 Å². The number of benzene rings is 3. The van der Waals surface area contributed by atoms with Crippen molar-refractivity contribution in [3.8, 4) is 0 Å².